The molecule has 3 nitrogen and oxygen atoms in total. The molecule has 0 saturated heterocycles. The molecule has 0 aromatic carbocycles. The molecule has 1 rings (SSSR count). The molecule has 0 radical (unpaired) electrons. The van der Waals surface area contributed by atoms with Crippen molar-refractivity contribution in [2.24, 2.45) is 11.3 Å². The van der Waals surface area contributed by atoms with Crippen molar-refractivity contribution in [1.29, 1.82) is 0 Å². The zero-order chi connectivity index (χ0) is 11.5. The normalized spacial score (nSPS) is 18.7. The number of rotatable bonds is 5. The largest absolute Gasteiger partial charge is 0.468 e. The maximum absolute atomic E-state index is 11.6. The Bertz CT molecular complexity index is 216. The van der Waals surface area contributed by atoms with E-state index in [2.05, 4.69) is 26.1 Å². The highest BCUT2D eigenvalue weighted by molar-refractivity contribution is 5.76. The Kier molecular flexibility index (Phi) is 4.14. The fourth-order valence-corrected chi connectivity index (χ4v) is 1.70. The van der Waals surface area contributed by atoms with Crippen LogP contribution in [0.3, 0.4) is 0 Å². The van der Waals surface area contributed by atoms with Crippen LogP contribution in [0.1, 0.15) is 40.0 Å². The van der Waals surface area contributed by atoms with Gasteiger partial charge in [-0.1, -0.05) is 33.6 Å². The molecule has 1 aliphatic carbocycles. The SMILES string of the molecule is COC(=O)C(NCCC1CC1)C(C)(C)C. The first-order valence-corrected chi connectivity index (χ1v) is 5.76. The third-order valence-corrected chi connectivity index (χ3v) is 2.90. The van der Waals surface area contributed by atoms with Crippen LogP contribution in [0.2, 0.25) is 0 Å². The molecule has 0 aromatic heterocycles. The molecule has 1 unspecified atom stereocenters. The van der Waals surface area contributed by atoms with Crippen LogP contribution >= 0.6 is 0 Å². The molecule has 15 heavy (non-hydrogen) atoms. The molecule has 1 atom stereocenters. The minimum Gasteiger partial charge on any atom is -0.468 e. The van der Waals surface area contributed by atoms with Gasteiger partial charge in [0.15, 0.2) is 0 Å². The summed E-state index contributed by atoms with van der Waals surface area (Å²) < 4.78 is 4.81. The second kappa shape index (κ2) is 4.97. The van der Waals surface area contributed by atoms with Crippen LogP contribution < -0.4 is 5.32 Å². The van der Waals surface area contributed by atoms with Gasteiger partial charge in [-0.25, -0.2) is 0 Å². The van der Waals surface area contributed by atoms with E-state index in [4.69, 9.17) is 4.74 Å². The molecule has 0 heterocycles. The Morgan fingerprint density at radius 3 is 2.47 bits per heavy atom. The van der Waals surface area contributed by atoms with E-state index >= 15 is 0 Å². The molecule has 88 valence electrons. The van der Waals surface area contributed by atoms with Crippen molar-refractivity contribution >= 4 is 5.97 Å². The third kappa shape index (κ3) is 4.20. The van der Waals surface area contributed by atoms with Gasteiger partial charge in [-0.2, -0.15) is 0 Å². The summed E-state index contributed by atoms with van der Waals surface area (Å²) in [6, 6.07) is -0.193. The summed E-state index contributed by atoms with van der Waals surface area (Å²) in [5.41, 5.74) is -0.0867. The van der Waals surface area contributed by atoms with Crippen LogP contribution in [-0.2, 0) is 9.53 Å². The van der Waals surface area contributed by atoms with Crippen LogP contribution in [-0.4, -0.2) is 25.7 Å². The van der Waals surface area contributed by atoms with Gasteiger partial charge in [0.1, 0.15) is 6.04 Å². The van der Waals surface area contributed by atoms with E-state index in [1.54, 1.807) is 0 Å². The van der Waals surface area contributed by atoms with Gasteiger partial charge in [-0.15, -0.1) is 0 Å². The smallest absolute Gasteiger partial charge is 0.323 e. The lowest BCUT2D eigenvalue weighted by atomic mass is 9.86. The summed E-state index contributed by atoms with van der Waals surface area (Å²) in [5, 5.41) is 3.31. The molecule has 0 amide bonds. The van der Waals surface area contributed by atoms with Gasteiger partial charge < -0.3 is 10.1 Å². The molecule has 0 aliphatic heterocycles. The maximum Gasteiger partial charge on any atom is 0.323 e. The Balaban J connectivity index is 2.37. The van der Waals surface area contributed by atoms with Gasteiger partial charge in [0.05, 0.1) is 7.11 Å². The highest BCUT2D eigenvalue weighted by Crippen LogP contribution is 2.32. The van der Waals surface area contributed by atoms with Crippen LogP contribution in [0, 0.1) is 11.3 Å². The minimum absolute atomic E-state index is 0.0867. The van der Waals surface area contributed by atoms with Gasteiger partial charge in [0, 0.05) is 0 Å². The van der Waals surface area contributed by atoms with Crippen molar-refractivity contribution in [1.82, 2.24) is 5.32 Å². The summed E-state index contributed by atoms with van der Waals surface area (Å²) in [4.78, 5) is 11.6. The first-order valence-electron chi connectivity index (χ1n) is 5.76. The second-order valence-electron chi connectivity index (χ2n) is 5.51. The number of carbonyl (C=O) groups is 1. The molecule has 1 fully saturated rings. The van der Waals surface area contributed by atoms with E-state index < -0.39 is 0 Å². The molecule has 1 N–H and O–H groups in total. The standard InChI is InChI=1S/C12H23NO2/c1-12(2,3)10(11(14)15-4)13-8-7-9-5-6-9/h9-10,13H,5-8H2,1-4H3. The first-order chi connectivity index (χ1) is 6.95. The Hall–Kier alpha value is -0.570. The predicted octanol–water partition coefficient (Wildman–Crippen LogP) is 1.96. The summed E-state index contributed by atoms with van der Waals surface area (Å²) in [6.45, 7) is 7.08. The van der Waals surface area contributed by atoms with Crippen molar-refractivity contribution in [3.05, 3.63) is 0 Å². The molecular weight excluding hydrogens is 190 g/mol. The quantitative estimate of drug-likeness (QED) is 0.709. The predicted molar refractivity (Wildman–Crippen MR) is 60.6 cm³/mol. The number of hydrogen-bond acceptors (Lipinski definition) is 3. The lowest BCUT2D eigenvalue weighted by molar-refractivity contribution is -0.146. The van der Waals surface area contributed by atoms with Crippen molar-refractivity contribution in [2.75, 3.05) is 13.7 Å². The lowest BCUT2D eigenvalue weighted by Gasteiger charge is -2.29. The number of esters is 1. The average Bonchev–Trinajstić information content (AvgIpc) is 2.93. The number of hydrogen-bond donors (Lipinski definition) is 1. The number of carbonyl (C=O) groups excluding carboxylic acids is 1. The highest BCUT2D eigenvalue weighted by Gasteiger charge is 2.32. The van der Waals surface area contributed by atoms with E-state index in [-0.39, 0.29) is 17.4 Å². The topological polar surface area (TPSA) is 38.3 Å². The fraction of sp³-hybridized carbons (Fsp3) is 0.917. The minimum atomic E-state index is -0.193. The zero-order valence-corrected chi connectivity index (χ0v) is 10.3. The Labute approximate surface area is 92.6 Å². The van der Waals surface area contributed by atoms with Crippen molar-refractivity contribution < 1.29 is 9.53 Å². The molecule has 1 saturated carbocycles. The molecule has 3 heteroatoms. The summed E-state index contributed by atoms with van der Waals surface area (Å²) in [6.07, 6.45) is 3.91. The Morgan fingerprint density at radius 1 is 1.47 bits per heavy atom. The van der Waals surface area contributed by atoms with E-state index in [9.17, 15) is 4.79 Å². The van der Waals surface area contributed by atoms with E-state index in [1.807, 2.05) is 0 Å². The van der Waals surface area contributed by atoms with Crippen LogP contribution in [0.15, 0.2) is 0 Å². The van der Waals surface area contributed by atoms with Crippen molar-refractivity contribution in [2.45, 2.75) is 46.1 Å². The molecule has 0 spiro atoms. The van der Waals surface area contributed by atoms with Gasteiger partial charge in [-0.05, 0) is 24.3 Å². The van der Waals surface area contributed by atoms with Crippen molar-refractivity contribution in [3.63, 3.8) is 0 Å². The van der Waals surface area contributed by atoms with Gasteiger partial charge in [-0.3, -0.25) is 4.79 Å². The maximum atomic E-state index is 11.6. The van der Waals surface area contributed by atoms with Gasteiger partial charge in [0.25, 0.3) is 0 Å². The van der Waals surface area contributed by atoms with Crippen LogP contribution in [0.4, 0.5) is 0 Å². The molecule has 0 bridgehead atoms. The molecular formula is C12H23NO2. The van der Waals surface area contributed by atoms with Gasteiger partial charge >= 0.3 is 5.97 Å². The number of ether oxygens (including phenoxy) is 1. The number of nitrogens with one attached hydrogen (secondary N) is 1. The molecule has 1 aliphatic rings. The van der Waals surface area contributed by atoms with Crippen LogP contribution in [0.25, 0.3) is 0 Å². The van der Waals surface area contributed by atoms with E-state index in [0.29, 0.717) is 0 Å². The average molecular weight is 213 g/mol. The second-order valence-corrected chi connectivity index (χ2v) is 5.51. The summed E-state index contributed by atoms with van der Waals surface area (Å²) in [5.74, 6) is 0.745. The lowest BCUT2D eigenvalue weighted by Crippen LogP contribution is -2.47. The number of methoxy groups -OCH3 is 1. The van der Waals surface area contributed by atoms with Gasteiger partial charge in [0.2, 0.25) is 0 Å². The fourth-order valence-electron chi connectivity index (χ4n) is 1.70. The summed E-state index contributed by atoms with van der Waals surface area (Å²) >= 11 is 0. The van der Waals surface area contributed by atoms with E-state index in [0.717, 1.165) is 12.5 Å². The summed E-state index contributed by atoms with van der Waals surface area (Å²) in [7, 11) is 1.45. The van der Waals surface area contributed by atoms with Crippen molar-refractivity contribution in [3.8, 4) is 0 Å². The first kappa shape index (κ1) is 12.5. The van der Waals surface area contributed by atoms with E-state index in [1.165, 1.54) is 26.4 Å². The Morgan fingerprint density at radius 2 is 2.07 bits per heavy atom. The zero-order valence-electron chi connectivity index (χ0n) is 10.3. The third-order valence-electron chi connectivity index (χ3n) is 2.90. The highest BCUT2D eigenvalue weighted by atomic mass is 16.5. The molecule has 0 aromatic rings. The monoisotopic (exact) mass is 213 g/mol. The van der Waals surface area contributed by atoms with Crippen LogP contribution in [0.5, 0.6) is 0 Å².